The van der Waals surface area contributed by atoms with E-state index < -0.39 is 0 Å². The molecule has 1 N–H and O–H groups in total. The summed E-state index contributed by atoms with van der Waals surface area (Å²) in [5.41, 5.74) is 1.68. The fourth-order valence-electron chi connectivity index (χ4n) is 4.01. The highest BCUT2D eigenvalue weighted by atomic mass is 16.2. The average Bonchev–Trinajstić information content (AvgIpc) is 3.21. The molecule has 2 aromatic heterocycles. The first-order valence-corrected chi connectivity index (χ1v) is 10.1. The summed E-state index contributed by atoms with van der Waals surface area (Å²) in [6.07, 6.45) is 9.57. The number of hydrogen-bond acceptors (Lipinski definition) is 4. The lowest BCUT2D eigenvalue weighted by Gasteiger charge is -2.32. The van der Waals surface area contributed by atoms with Crippen molar-refractivity contribution in [3.63, 3.8) is 0 Å². The minimum atomic E-state index is 0.0496. The Morgan fingerprint density at radius 3 is 2.93 bits per heavy atom. The molecule has 0 unspecified atom stereocenters. The van der Waals surface area contributed by atoms with Gasteiger partial charge >= 0.3 is 0 Å². The molecule has 7 heteroatoms. The van der Waals surface area contributed by atoms with Crippen molar-refractivity contribution in [1.29, 1.82) is 0 Å². The number of rotatable bonds is 7. The molecular weight excluding hydrogens is 340 g/mol. The summed E-state index contributed by atoms with van der Waals surface area (Å²) in [7, 11) is 4.20. The first-order valence-electron chi connectivity index (χ1n) is 10.1. The fraction of sp³-hybridized carbons (Fsp3) is 0.650. The van der Waals surface area contributed by atoms with Crippen LogP contribution in [0, 0.1) is 0 Å². The second-order valence-corrected chi connectivity index (χ2v) is 8.21. The number of aryl methyl sites for hydroxylation is 1. The molecule has 4 rings (SSSR count). The van der Waals surface area contributed by atoms with Gasteiger partial charge in [0.05, 0.1) is 0 Å². The van der Waals surface area contributed by atoms with Crippen LogP contribution < -0.4 is 0 Å². The van der Waals surface area contributed by atoms with Crippen LogP contribution in [-0.4, -0.2) is 69.2 Å². The molecule has 2 fully saturated rings. The monoisotopic (exact) mass is 370 g/mol. The van der Waals surface area contributed by atoms with Gasteiger partial charge in [-0.1, -0.05) is 0 Å². The number of nitrogens with one attached hydrogen (secondary N) is 1. The average molecular weight is 371 g/mol. The van der Waals surface area contributed by atoms with Gasteiger partial charge in [-0.3, -0.25) is 9.89 Å². The molecule has 1 amide bonds. The van der Waals surface area contributed by atoms with Crippen LogP contribution in [0.4, 0.5) is 0 Å². The molecule has 7 nitrogen and oxygen atoms in total. The first kappa shape index (κ1) is 18.2. The number of carbonyl (C=O) groups is 1. The van der Waals surface area contributed by atoms with E-state index in [0.717, 1.165) is 57.0 Å². The Bertz CT molecular complexity index is 775. The molecule has 1 saturated carbocycles. The lowest BCUT2D eigenvalue weighted by Crippen LogP contribution is -2.40. The third-order valence-electron chi connectivity index (χ3n) is 5.66. The Kier molecular flexibility index (Phi) is 5.29. The van der Waals surface area contributed by atoms with Crippen molar-refractivity contribution in [1.82, 2.24) is 29.5 Å². The number of aromatic nitrogens is 4. The molecule has 3 heterocycles. The molecule has 27 heavy (non-hydrogen) atoms. The van der Waals surface area contributed by atoms with Crippen LogP contribution in [0.1, 0.15) is 65.9 Å². The molecular formula is C20H30N6O. The third kappa shape index (κ3) is 4.24. The lowest BCUT2D eigenvalue weighted by atomic mass is 9.96. The Balaban J connectivity index is 1.40. The van der Waals surface area contributed by atoms with Gasteiger partial charge in [-0.25, -0.2) is 4.98 Å². The lowest BCUT2D eigenvalue weighted by molar-refractivity contribution is 0.0697. The van der Waals surface area contributed by atoms with Gasteiger partial charge in [-0.2, -0.15) is 5.10 Å². The number of nitrogens with zero attached hydrogens (tertiary/aromatic N) is 5. The molecule has 146 valence electrons. The van der Waals surface area contributed by atoms with Crippen molar-refractivity contribution in [2.75, 3.05) is 33.7 Å². The molecule has 1 aliphatic heterocycles. The maximum Gasteiger partial charge on any atom is 0.274 e. The molecule has 1 saturated heterocycles. The standard InChI is InChI=1S/C20H30N6O/c1-24(2)9-4-11-25-12-8-21-19(25)16-5-3-10-26(14-16)20(27)18-13-17(22-23-18)15-6-7-15/h8,12-13,15-16H,3-7,9-11,14H2,1-2H3,(H,22,23)/t16-/m1/s1. The van der Waals surface area contributed by atoms with E-state index in [1.807, 2.05) is 17.2 Å². The zero-order valence-corrected chi connectivity index (χ0v) is 16.4. The molecule has 0 bridgehead atoms. The van der Waals surface area contributed by atoms with Gasteiger partial charge < -0.3 is 14.4 Å². The van der Waals surface area contributed by atoms with E-state index in [1.165, 1.54) is 12.8 Å². The summed E-state index contributed by atoms with van der Waals surface area (Å²) in [5, 5.41) is 7.32. The highest BCUT2D eigenvalue weighted by Gasteiger charge is 2.31. The number of likely N-dealkylation sites (tertiary alicyclic amines) is 1. The molecule has 0 radical (unpaired) electrons. The number of carbonyl (C=O) groups excluding carboxylic acids is 1. The van der Waals surface area contributed by atoms with Gasteiger partial charge in [-0.05, 0) is 58.8 Å². The Labute approximate surface area is 160 Å². The van der Waals surface area contributed by atoms with E-state index >= 15 is 0 Å². The second-order valence-electron chi connectivity index (χ2n) is 8.21. The first-order chi connectivity index (χ1) is 13.1. The van der Waals surface area contributed by atoms with Crippen LogP contribution in [0.3, 0.4) is 0 Å². The highest BCUT2D eigenvalue weighted by Crippen LogP contribution is 2.39. The fourth-order valence-corrected chi connectivity index (χ4v) is 4.01. The van der Waals surface area contributed by atoms with Crippen molar-refractivity contribution in [2.45, 2.75) is 50.5 Å². The van der Waals surface area contributed by atoms with E-state index in [0.29, 0.717) is 17.5 Å². The summed E-state index contributed by atoms with van der Waals surface area (Å²) in [4.78, 5) is 21.7. The number of aromatic amines is 1. The second kappa shape index (κ2) is 7.84. The Morgan fingerprint density at radius 2 is 2.15 bits per heavy atom. The molecule has 1 atom stereocenters. The molecule has 0 spiro atoms. The quantitative estimate of drug-likeness (QED) is 0.813. The zero-order valence-electron chi connectivity index (χ0n) is 16.4. The van der Waals surface area contributed by atoms with Crippen molar-refractivity contribution in [3.8, 4) is 0 Å². The van der Waals surface area contributed by atoms with Gasteiger partial charge in [0.2, 0.25) is 0 Å². The largest absolute Gasteiger partial charge is 0.337 e. The highest BCUT2D eigenvalue weighted by molar-refractivity contribution is 5.92. The third-order valence-corrected chi connectivity index (χ3v) is 5.66. The van der Waals surface area contributed by atoms with Crippen LogP contribution in [0.25, 0.3) is 0 Å². The maximum atomic E-state index is 12.9. The predicted molar refractivity (Wildman–Crippen MR) is 104 cm³/mol. The number of piperidine rings is 1. The van der Waals surface area contributed by atoms with Crippen molar-refractivity contribution in [2.24, 2.45) is 0 Å². The van der Waals surface area contributed by atoms with Gasteiger partial charge in [0.1, 0.15) is 11.5 Å². The maximum absolute atomic E-state index is 12.9. The van der Waals surface area contributed by atoms with Gasteiger partial charge in [-0.15, -0.1) is 0 Å². The summed E-state index contributed by atoms with van der Waals surface area (Å²) in [6, 6.07) is 1.95. The summed E-state index contributed by atoms with van der Waals surface area (Å²) >= 11 is 0. The number of hydrogen-bond donors (Lipinski definition) is 1. The van der Waals surface area contributed by atoms with Gasteiger partial charge in [0.25, 0.3) is 5.91 Å². The zero-order chi connectivity index (χ0) is 18.8. The van der Waals surface area contributed by atoms with Crippen LogP contribution in [-0.2, 0) is 6.54 Å². The molecule has 1 aliphatic carbocycles. The Morgan fingerprint density at radius 1 is 1.30 bits per heavy atom. The topological polar surface area (TPSA) is 70.1 Å². The number of imidazole rings is 1. The minimum absolute atomic E-state index is 0.0496. The van der Waals surface area contributed by atoms with Crippen molar-refractivity contribution >= 4 is 5.91 Å². The summed E-state index contributed by atoms with van der Waals surface area (Å²) in [6.45, 7) is 3.58. The van der Waals surface area contributed by atoms with E-state index in [-0.39, 0.29) is 5.91 Å². The molecule has 2 aromatic rings. The molecule has 0 aromatic carbocycles. The van der Waals surface area contributed by atoms with Crippen LogP contribution in [0.5, 0.6) is 0 Å². The predicted octanol–water partition coefficient (Wildman–Crippen LogP) is 2.46. The van der Waals surface area contributed by atoms with Crippen LogP contribution in [0.15, 0.2) is 18.5 Å². The van der Waals surface area contributed by atoms with Crippen molar-refractivity contribution < 1.29 is 4.79 Å². The molecule has 2 aliphatic rings. The van der Waals surface area contributed by atoms with E-state index in [2.05, 4.69) is 44.9 Å². The smallest absolute Gasteiger partial charge is 0.274 e. The van der Waals surface area contributed by atoms with Gasteiger partial charge in [0, 0.05) is 49.6 Å². The van der Waals surface area contributed by atoms with Gasteiger partial charge in [0.15, 0.2) is 0 Å². The summed E-state index contributed by atoms with van der Waals surface area (Å²) < 4.78 is 2.27. The van der Waals surface area contributed by atoms with E-state index in [1.54, 1.807) is 0 Å². The van der Waals surface area contributed by atoms with Crippen LogP contribution >= 0.6 is 0 Å². The Hall–Kier alpha value is -2.15. The SMILES string of the molecule is CN(C)CCCn1ccnc1[C@@H]1CCCN(C(=O)c2cc(C3CC3)[nH]n2)C1. The number of amides is 1. The van der Waals surface area contributed by atoms with E-state index in [9.17, 15) is 4.79 Å². The minimum Gasteiger partial charge on any atom is -0.337 e. The van der Waals surface area contributed by atoms with E-state index in [4.69, 9.17) is 0 Å². The number of H-pyrrole nitrogens is 1. The van der Waals surface area contributed by atoms with Crippen molar-refractivity contribution in [3.05, 3.63) is 35.7 Å². The normalized spacial score (nSPS) is 20.4. The summed E-state index contributed by atoms with van der Waals surface area (Å²) in [5.74, 6) is 2.06. The van der Waals surface area contributed by atoms with Crippen LogP contribution in [0.2, 0.25) is 0 Å².